The number of nitrogens with zero attached hydrogens (tertiary/aromatic N) is 1. The number of carbonyl (C=O) groups excluding carboxylic acids is 1. The second-order valence-corrected chi connectivity index (χ2v) is 6.32. The molecule has 1 aromatic heterocycles. The maximum Gasteiger partial charge on any atom is 0.224 e. The first-order valence-corrected chi connectivity index (χ1v) is 8.58. The standard InChI is InChI=1S/C19H17BrN2O3/c1-24-16-4-2-3-15(11-16)22-18(23)9-10-19-21-12-17(25-19)13-5-7-14(20)8-6-13/h2-8,11-12H,9-10H2,1H3,(H,22,23). The molecule has 0 saturated heterocycles. The van der Waals surface area contributed by atoms with Gasteiger partial charge in [-0.25, -0.2) is 4.98 Å². The lowest BCUT2D eigenvalue weighted by atomic mass is 10.2. The van der Waals surface area contributed by atoms with Gasteiger partial charge in [0.05, 0.1) is 13.3 Å². The fraction of sp³-hybridized carbons (Fsp3) is 0.158. The maximum atomic E-state index is 12.1. The van der Waals surface area contributed by atoms with E-state index in [1.54, 1.807) is 19.4 Å². The van der Waals surface area contributed by atoms with Gasteiger partial charge in [0.25, 0.3) is 0 Å². The molecular weight excluding hydrogens is 384 g/mol. The zero-order valence-corrected chi connectivity index (χ0v) is 15.2. The molecule has 1 amide bonds. The molecule has 1 heterocycles. The number of amides is 1. The third-order valence-electron chi connectivity index (χ3n) is 3.60. The minimum atomic E-state index is -0.100. The van der Waals surface area contributed by atoms with E-state index in [0.717, 1.165) is 10.0 Å². The smallest absolute Gasteiger partial charge is 0.224 e. The molecule has 0 radical (unpaired) electrons. The Morgan fingerprint density at radius 2 is 2.04 bits per heavy atom. The molecule has 0 unspecified atom stereocenters. The number of methoxy groups -OCH3 is 1. The van der Waals surface area contributed by atoms with Crippen LogP contribution < -0.4 is 10.1 Å². The molecule has 128 valence electrons. The van der Waals surface area contributed by atoms with Crippen LogP contribution in [0.1, 0.15) is 12.3 Å². The minimum Gasteiger partial charge on any atom is -0.497 e. The second kappa shape index (κ2) is 7.98. The number of ether oxygens (including phenoxy) is 1. The Labute approximate surface area is 154 Å². The monoisotopic (exact) mass is 400 g/mol. The summed E-state index contributed by atoms with van der Waals surface area (Å²) in [6.07, 6.45) is 2.41. The van der Waals surface area contributed by atoms with Crippen molar-refractivity contribution < 1.29 is 13.9 Å². The normalized spacial score (nSPS) is 10.5. The number of aryl methyl sites for hydroxylation is 1. The van der Waals surface area contributed by atoms with Crippen LogP contribution in [0.15, 0.2) is 63.6 Å². The predicted molar refractivity (Wildman–Crippen MR) is 99.6 cm³/mol. The highest BCUT2D eigenvalue weighted by Gasteiger charge is 2.09. The van der Waals surface area contributed by atoms with Crippen molar-refractivity contribution in [2.75, 3.05) is 12.4 Å². The van der Waals surface area contributed by atoms with Gasteiger partial charge in [0.1, 0.15) is 5.75 Å². The molecule has 25 heavy (non-hydrogen) atoms. The first-order chi connectivity index (χ1) is 12.1. The molecule has 0 fully saturated rings. The molecule has 0 aliphatic rings. The van der Waals surface area contributed by atoms with Crippen molar-refractivity contribution in [1.82, 2.24) is 4.98 Å². The molecular formula is C19H17BrN2O3. The van der Waals surface area contributed by atoms with Crippen LogP contribution in [0.4, 0.5) is 5.69 Å². The van der Waals surface area contributed by atoms with Crippen LogP contribution in [0, 0.1) is 0 Å². The number of hydrogen-bond acceptors (Lipinski definition) is 4. The number of oxazole rings is 1. The molecule has 0 atom stereocenters. The van der Waals surface area contributed by atoms with Crippen LogP contribution in [0.5, 0.6) is 5.75 Å². The van der Waals surface area contributed by atoms with E-state index in [4.69, 9.17) is 9.15 Å². The van der Waals surface area contributed by atoms with E-state index in [0.29, 0.717) is 29.5 Å². The lowest BCUT2D eigenvalue weighted by molar-refractivity contribution is -0.116. The predicted octanol–water partition coefficient (Wildman–Crippen LogP) is 4.68. The number of halogens is 1. The Morgan fingerprint density at radius 3 is 2.80 bits per heavy atom. The summed E-state index contributed by atoms with van der Waals surface area (Å²) in [4.78, 5) is 16.3. The molecule has 0 bridgehead atoms. The summed E-state index contributed by atoms with van der Waals surface area (Å²) in [7, 11) is 1.59. The third-order valence-corrected chi connectivity index (χ3v) is 4.13. The van der Waals surface area contributed by atoms with Crippen LogP contribution in [0.2, 0.25) is 0 Å². The summed E-state index contributed by atoms with van der Waals surface area (Å²) in [6, 6.07) is 15.0. The molecule has 1 N–H and O–H groups in total. The fourth-order valence-electron chi connectivity index (χ4n) is 2.32. The fourth-order valence-corrected chi connectivity index (χ4v) is 2.58. The van der Waals surface area contributed by atoms with Crippen molar-refractivity contribution in [2.45, 2.75) is 12.8 Å². The molecule has 0 aliphatic heterocycles. The number of carbonyl (C=O) groups is 1. The Balaban J connectivity index is 1.56. The topological polar surface area (TPSA) is 64.4 Å². The molecule has 2 aromatic carbocycles. The number of benzene rings is 2. The van der Waals surface area contributed by atoms with Gasteiger partial charge in [-0.15, -0.1) is 0 Å². The number of rotatable bonds is 6. The van der Waals surface area contributed by atoms with E-state index in [-0.39, 0.29) is 12.3 Å². The molecule has 0 spiro atoms. The highest BCUT2D eigenvalue weighted by molar-refractivity contribution is 9.10. The van der Waals surface area contributed by atoms with Gasteiger partial charge in [-0.3, -0.25) is 4.79 Å². The Kier molecular flexibility index (Phi) is 5.50. The summed E-state index contributed by atoms with van der Waals surface area (Å²) in [6.45, 7) is 0. The van der Waals surface area contributed by atoms with Gasteiger partial charge >= 0.3 is 0 Å². The molecule has 6 heteroatoms. The highest BCUT2D eigenvalue weighted by atomic mass is 79.9. The van der Waals surface area contributed by atoms with Crippen molar-refractivity contribution in [3.63, 3.8) is 0 Å². The van der Waals surface area contributed by atoms with E-state index >= 15 is 0 Å². The SMILES string of the molecule is COc1cccc(NC(=O)CCc2ncc(-c3ccc(Br)cc3)o2)c1. The van der Waals surface area contributed by atoms with Crippen LogP contribution in [-0.4, -0.2) is 18.0 Å². The average molecular weight is 401 g/mol. The lowest BCUT2D eigenvalue weighted by Crippen LogP contribution is -2.12. The van der Waals surface area contributed by atoms with E-state index in [1.165, 1.54) is 0 Å². The largest absolute Gasteiger partial charge is 0.497 e. The zero-order valence-electron chi connectivity index (χ0n) is 13.7. The van der Waals surface area contributed by atoms with Gasteiger partial charge in [-0.05, 0) is 24.3 Å². The average Bonchev–Trinajstić information content (AvgIpc) is 3.10. The highest BCUT2D eigenvalue weighted by Crippen LogP contribution is 2.23. The van der Waals surface area contributed by atoms with Crippen LogP contribution in [-0.2, 0) is 11.2 Å². The minimum absolute atomic E-state index is 0.100. The van der Waals surface area contributed by atoms with Crippen LogP contribution in [0.3, 0.4) is 0 Å². The van der Waals surface area contributed by atoms with Gasteiger partial charge in [-0.1, -0.05) is 34.1 Å². The quantitative estimate of drug-likeness (QED) is 0.651. The van der Waals surface area contributed by atoms with E-state index in [9.17, 15) is 4.79 Å². The molecule has 0 aliphatic carbocycles. The van der Waals surface area contributed by atoms with Gasteiger partial charge < -0.3 is 14.5 Å². The molecule has 5 nitrogen and oxygen atoms in total. The third kappa shape index (κ3) is 4.70. The van der Waals surface area contributed by atoms with E-state index in [1.807, 2.05) is 42.5 Å². The van der Waals surface area contributed by atoms with Crippen LogP contribution >= 0.6 is 15.9 Å². The van der Waals surface area contributed by atoms with Gasteiger partial charge in [0.15, 0.2) is 11.7 Å². The first-order valence-electron chi connectivity index (χ1n) is 7.78. The van der Waals surface area contributed by atoms with Gasteiger partial charge in [-0.2, -0.15) is 0 Å². The van der Waals surface area contributed by atoms with Crippen molar-refractivity contribution in [2.24, 2.45) is 0 Å². The summed E-state index contributed by atoms with van der Waals surface area (Å²) in [5.41, 5.74) is 1.65. The first kappa shape index (κ1) is 17.2. The molecule has 3 aromatic rings. The van der Waals surface area contributed by atoms with Gasteiger partial charge in [0.2, 0.25) is 5.91 Å². The molecule has 0 saturated carbocycles. The number of nitrogens with one attached hydrogen (secondary N) is 1. The van der Waals surface area contributed by atoms with Crippen molar-refractivity contribution in [3.05, 3.63) is 65.1 Å². The van der Waals surface area contributed by atoms with Crippen LogP contribution in [0.25, 0.3) is 11.3 Å². The molecule has 3 rings (SSSR count). The van der Waals surface area contributed by atoms with Crippen molar-refractivity contribution >= 4 is 27.5 Å². The van der Waals surface area contributed by atoms with E-state index < -0.39 is 0 Å². The number of aromatic nitrogens is 1. The Hall–Kier alpha value is -2.60. The van der Waals surface area contributed by atoms with Gasteiger partial charge in [0, 0.05) is 34.6 Å². The number of anilines is 1. The summed E-state index contributed by atoms with van der Waals surface area (Å²) in [5.74, 6) is 1.83. The summed E-state index contributed by atoms with van der Waals surface area (Å²) < 4.78 is 11.9. The van der Waals surface area contributed by atoms with Crippen molar-refractivity contribution in [1.29, 1.82) is 0 Å². The zero-order chi connectivity index (χ0) is 17.6. The summed E-state index contributed by atoms with van der Waals surface area (Å²) >= 11 is 3.40. The second-order valence-electron chi connectivity index (χ2n) is 5.41. The Morgan fingerprint density at radius 1 is 1.24 bits per heavy atom. The van der Waals surface area contributed by atoms with E-state index in [2.05, 4.69) is 26.2 Å². The number of hydrogen-bond donors (Lipinski definition) is 1. The summed E-state index contributed by atoms with van der Waals surface area (Å²) in [5, 5.41) is 2.84. The maximum absolute atomic E-state index is 12.1. The Bertz CT molecular complexity index is 859. The van der Waals surface area contributed by atoms with Crippen molar-refractivity contribution in [3.8, 4) is 17.1 Å². The lowest BCUT2D eigenvalue weighted by Gasteiger charge is -2.06.